The minimum atomic E-state index is 0.991. The molecule has 2 aliphatic rings. The molecule has 0 radical (unpaired) electrons. The van der Waals surface area contributed by atoms with Crippen molar-refractivity contribution in [2.24, 2.45) is 0 Å². The van der Waals surface area contributed by atoms with Crippen molar-refractivity contribution in [2.75, 3.05) is 0 Å². The van der Waals surface area contributed by atoms with Crippen LogP contribution in [0, 0.1) is 0 Å². The van der Waals surface area contributed by atoms with Crippen LogP contribution in [0.4, 0.5) is 0 Å². The molecule has 0 amide bonds. The van der Waals surface area contributed by atoms with Crippen molar-refractivity contribution in [1.29, 1.82) is 0 Å². The topological polar surface area (TPSA) is 0 Å². The Hall–Kier alpha value is -9.36. The van der Waals surface area contributed by atoms with Crippen LogP contribution in [0.15, 0.2) is 261 Å². The van der Waals surface area contributed by atoms with Gasteiger partial charge in [-0.1, -0.05) is 212 Å². The molecule has 13 aromatic rings. The Kier molecular flexibility index (Phi) is 9.82. The molecule has 0 atom stereocenters. The van der Waals surface area contributed by atoms with Gasteiger partial charge in [0.05, 0.1) is 0 Å². The van der Waals surface area contributed by atoms with Gasteiger partial charge in [-0.15, -0.1) is 0 Å². The second-order valence-corrected chi connectivity index (χ2v) is 20.3. The second kappa shape index (κ2) is 17.2. The third-order valence-corrected chi connectivity index (χ3v) is 16.0. The van der Waals surface area contributed by atoms with E-state index in [2.05, 4.69) is 267 Å². The molecule has 0 saturated carbocycles. The lowest BCUT2D eigenvalue weighted by atomic mass is 9.80. The largest absolute Gasteiger partial charge is 0.0795 e. The summed E-state index contributed by atoms with van der Waals surface area (Å²) >= 11 is 0. The summed E-state index contributed by atoms with van der Waals surface area (Å²) in [6.45, 7) is 0. The first-order valence-electron chi connectivity index (χ1n) is 26.0. The van der Waals surface area contributed by atoms with Gasteiger partial charge >= 0.3 is 0 Å². The Balaban J connectivity index is 0.839. The summed E-state index contributed by atoms with van der Waals surface area (Å²) in [5.74, 6) is 0. The van der Waals surface area contributed by atoms with Crippen LogP contribution >= 0.6 is 0 Å². The predicted octanol–water partition coefficient (Wildman–Crippen LogP) is 20.4. The summed E-state index contributed by atoms with van der Waals surface area (Å²) in [4.78, 5) is 0. The van der Waals surface area contributed by atoms with Crippen LogP contribution in [0.1, 0.15) is 23.1 Å². The quantitative estimate of drug-likeness (QED) is 0.133. The molecule has 0 spiro atoms. The van der Waals surface area contributed by atoms with E-state index in [1.807, 2.05) is 0 Å². The first-order valence-corrected chi connectivity index (χ1v) is 26.0. The highest BCUT2D eigenvalue weighted by atomic mass is 14.3. The zero-order chi connectivity index (χ0) is 48.7. The number of hydrogen-bond donors (Lipinski definition) is 0. The summed E-state index contributed by atoms with van der Waals surface area (Å²) in [7, 11) is 0. The van der Waals surface area contributed by atoms with E-state index in [0.29, 0.717) is 0 Å². The molecule has 2 aliphatic carbocycles. The number of allylic oxidation sites excluding steroid dienone is 3. The monoisotopic (exact) mass is 936 g/mol. The van der Waals surface area contributed by atoms with Gasteiger partial charge in [0.2, 0.25) is 0 Å². The van der Waals surface area contributed by atoms with Crippen molar-refractivity contribution < 1.29 is 0 Å². The van der Waals surface area contributed by atoms with Crippen LogP contribution in [0.3, 0.4) is 0 Å². The van der Waals surface area contributed by atoms with Crippen LogP contribution < -0.4 is 0 Å². The molecule has 0 fully saturated rings. The van der Waals surface area contributed by atoms with Gasteiger partial charge in [-0.3, -0.25) is 0 Å². The van der Waals surface area contributed by atoms with Crippen molar-refractivity contribution >= 4 is 54.7 Å². The molecular weight excluding hydrogens is 889 g/mol. The van der Waals surface area contributed by atoms with E-state index in [1.165, 1.54) is 154 Å². The zero-order valence-corrected chi connectivity index (χ0v) is 40.8. The van der Waals surface area contributed by atoms with Crippen molar-refractivity contribution in [2.45, 2.75) is 12.8 Å². The molecule has 15 rings (SSSR count). The summed E-state index contributed by atoms with van der Waals surface area (Å²) in [5, 5.41) is 10.6. The molecule has 0 heterocycles. The van der Waals surface area contributed by atoms with Gasteiger partial charge in [0.1, 0.15) is 0 Å². The summed E-state index contributed by atoms with van der Waals surface area (Å²) in [6.07, 6.45) is 9.04. The van der Waals surface area contributed by atoms with Crippen LogP contribution in [-0.2, 0) is 6.42 Å². The maximum Gasteiger partial charge on any atom is -0.00206 e. The van der Waals surface area contributed by atoms with Gasteiger partial charge in [0.25, 0.3) is 0 Å². The van der Waals surface area contributed by atoms with Crippen LogP contribution in [0.5, 0.6) is 0 Å². The molecule has 0 N–H and O–H groups in total. The van der Waals surface area contributed by atoms with E-state index in [4.69, 9.17) is 0 Å². The Morgan fingerprint density at radius 2 is 0.662 bits per heavy atom. The average molecular weight is 937 g/mol. The Morgan fingerprint density at radius 1 is 0.257 bits per heavy atom. The molecule has 0 unspecified atom stereocenters. The molecule has 344 valence electrons. The molecule has 0 heteroatoms. The Labute approximate surface area is 431 Å². The van der Waals surface area contributed by atoms with Crippen LogP contribution in [-0.4, -0.2) is 0 Å². The highest BCUT2D eigenvalue weighted by Crippen LogP contribution is 2.45. The van der Waals surface area contributed by atoms with Gasteiger partial charge in [-0.05, 0) is 222 Å². The lowest BCUT2D eigenvalue weighted by Gasteiger charge is -2.24. The van der Waals surface area contributed by atoms with E-state index < -0.39 is 0 Å². The van der Waals surface area contributed by atoms with Gasteiger partial charge in [-0.25, -0.2) is 0 Å². The minimum absolute atomic E-state index is 0.991. The summed E-state index contributed by atoms with van der Waals surface area (Å²) < 4.78 is 0. The number of benzene rings is 13. The lowest BCUT2D eigenvalue weighted by Crippen LogP contribution is -2.03. The fraction of sp³-hybridized carbons (Fsp3) is 0.0270. The molecule has 0 aromatic heterocycles. The predicted molar refractivity (Wildman–Crippen MR) is 316 cm³/mol. The smallest absolute Gasteiger partial charge is 0.00206 e. The van der Waals surface area contributed by atoms with E-state index >= 15 is 0 Å². The molecular formula is C74H48. The summed E-state index contributed by atoms with van der Waals surface area (Å²) in [6, 6.07) is 93.1. The molecule has 0 nitrogen and oxygen atoms in total. The minimum Gasteiger partial charge on any atom is -0.0795 e. The first-order chi connectivity index (χ1) is 36.6. The molecule has 0 saturated heterocycles. The van der Waals surface area contributed by atoms with Crippen LogP contribution in [0.25, 0.3) is 144 Å². The second-order valence-electron chi connectivity index (χ2n) is 20.3. The molecule has 0 aliphatic heterocycles. The third-order valence-electron chi connectivity index (χ3n) is 16.0. The fourth-order valence-corrected chi connectivity index (χ4v) is 12.4. The molecule has 0 bridgehead atoms. The van der Waals surface area contributed by atoms with Crippen LogP contribution in [0.2, 0.25) is 0 Å². The average Bonchev–Trinajstić information content (AvgIpc) is 3.48. The zero-order valence-electron chi connectivity index (χ0n) is 40.8. The van der Waals surface area contributed by atoms with Crippen molar-refractivity contribution in [3.8, 4) is 89.0 Å². The maximum absolute atomic E-state index is 2.44. The van der Waals surface area contributed by atoms with Gasteiger partial charge < -0.3 is 0 Å². The van der Waals surface area contributed by atoms with E-state index in [-0.39, 0.29) is 0 Å². The highest BCUT2D eigenvalue weighted by molar-refractivity contribution is 6.25. The maximum atomic E-state index is 2.44. The standard InChI is InChI=1S/C74H48/c1-3-12-47(13-4-1)61-41-63(45-65(43-61)57-22-10-24-59(39-57)67-34-30-53-28-26-49-16-7-18-51-32-36-69(67)73(53)71(49)51)55-20-9-21-56(38-55)64-42-62(48-14-5-2-6-15-48)44-66(46-64)58-23-11-25-60(40-58)68-35-31-54-29-27-50-17-8-19-52-33-37-70(68)74(54)72(50)52/h1-16,18-28,30-46H,17,29H2. The van der Waals surface area contributed by atoms with Gasteiger partial charge in [0.15, 0.2) is 0 Å². The Morgan fingerprint density at radius 3 is 1.23 bits per heavy atom. The first kappa shape index (κ1) is 42.3. The van der Waals surface area contributed by atoms with E-state index in [1.54, 1.807) is 0 Å². The lowest BCUT2D eigenvalue weighted by molar-refractivity contribution is 1.23. The van der Waals surface area contributed by atoms with E-state index in [0.717, 1.165) is 12.8 Å². The molecule has 13 aromatic carbocycles. The Bertz CT molecular complexity index is 4440. The van der Waals surface area contributed by atoms with Gasteiger partial charge in [-0.2, -0.15) is 0 Å². The molecule has 74 heavy (non-hydrogen) atoms. The summed E-state index contributed by atoms with van der Waals surface area (Å²) in [5.41, 5.74) is 24.9. The van der Waals surface area contributed by atoms with Gasteiger partial charge in [0, 0.05) is 0 Å². The normalized spacial score (nSPS) is 12.8. The van der Waals surface area contributed by atoms with Crippen molar-refractivity contribution in [3.63, 3.8) is 0 Å². The SMILES string of the molecule is C1=Cc2ccc3c(-c4cccc(-c5cc(-c6ccccc6)cc(-c6cccc(-c7cc(-c8ccccc8)cc(-c8cccc(-c9ccc%10ccc%11cccc%12ccc9c%10c%11%12)c8)c7)c6)c5)c4)ccc4c3c2C(=CC4)C1. The van der Waals surface area contributed by atoms with Crippen molar-refractivity contribution in [1.82, 2.24) is 0 Å². The van der Waals surface area contributed by atoms with E-state index in [9.17, 15) is 0 Å². The number of rotatable bonds is 8. The van der Waals surface area contributed by atoms with Crippen molar-refractivity contribution in [3.05, 3.63) is 278 Å². The third kappa shape index (κ3) is 7.13. The number of hydrogen-bond acceptors (Lipinski definition) is 0. The highest BCUT2D eigenvalue weighted by Gasteiger charge is 2.22. The fourth-order valence-electron chi connectivity index (χ4n) is 12.4.